The predicted molar refractivity (Wildman–Crippen MR) is 117 cm³/mol. The molecule has 0 atom stereocenters. The fraction of sp³-hybridized carbons (Fsp3) is 0.174. The number of nitrogens with one attached hydrogen (secondary N) is 1. The molecule has 0 aliphatic heterocycles. The molecule has 3 aromatic carbocycles. The van der Waals surface area contributed by atoms with Gasteiger partial charge in [-0.25, -0.2) is 8.42 Å². The van der Waals surface area contributed by atoms with E-state index in [0.29, 0.717) is 11.4 Å². The lowest BCUT2D eigenvalue weighted by Gasteiger charge is -2.20. The summed E-state index contributed by atoms with van der Waals surface area (Å²) in [5, 5.41) is 2.81. The number of hydrogen-bond donors (Lipinski definition) is 1. The van der Waals surface area contributed by atoms with Crippen LogP contribution in [0.15, 0.2) is 77.7 Å². The highest BCUT2D eigenvalue weighted by Crippen LogP contribution is 2.23. The minimum Gasteiger partial charge on any atom is -0.322 e. The van der Waals surface area contributed by atoms with Crippen molar-refractivity contribution in [1.82, 2.24) is 0 Å². The Morgan fingerprint density at radius 2 is 1.66 bits per heavy atom. The molecule has 6 heteroatoms. The molecular formula is C23H24N2O3S. The van der Waals surface area contributed by atoms with Crippen molar-refractivity contribution in [3.63, 3.8) is 0 Å². The van der Waals surface area contributed by atoms with Crippen LogP contribution in [0.5, 0.6) is 0 Å². The van der Waals surface area contributed by atoms with E-state index in [0.717, 1.165) is 12.0 Å². The maximum absolute atomic E-state index is 13.0. The Morgan fingerprint density at radius 3 is 2.31 bits per heavy atom. The molecule has 0 saturated heterocycles. The summed E-state index contributed by atoms with van der Waals surface area (Å²) >= 11 is 0. The molecule has 0 saturated carbocycles. The molecule has 0 spiro atoms. The van der Waals surface area contributed by atoms with Crippen LogP contribution in [0.2, 0.25) is 0 Å². The number of sulfonamides is 1. The van der Waals surface area contributed by atoms with E-state index in [4.69, 9.17) is 0 Å². The van der Waals surface area contributed by atoms with Gasteiger partial charge in [0.25, 0.3) is 15.9 Å². The van der Waals surface area contributed by atoms with Crippen LogP contribution in [0.4, 0.5) is 11.4 Å². The summed E-state index contributed by atoms with van der Waals surface area (Å²) < 4.78 is 27.3. The molecule has 150 valence electrons. The summed E-state index contributed by atoms with van der Waals surface area (Å²) in [6.45, 7) is 3.97. The predicted octanol–water partition coefficient (Wildman–Crippen LogP) is 4.63. The molecule has 0 bridgehead atoms. The summed E-state index contributed by atoms with van der Waals surface area (Å²) in [6, 6.07) is 20.9. The van der Waals surface area contributed by atoms with Gasteiger partial charge in [-0.1, -0.05) is 37.3 Å². The molecule has 3 aromatic rings. The van der Waals surface area contributed by atoms with Crippen LogP contribution in [0.25, 0.3) is 0 Å². The zero-order valence-electron chi connectivity index (χ0n) is 16.7. The van der Waals surface area contributed by atoms with E-state index in [2.05, 4.69) is 12.2 Å². The molecule has 0 heterocycles. The van der Waals surface area contributed by atoms with Crippen molar-refractivity contribution in [1.29, 1.82) is 0 Å². The first-order chi connectivity index (χ1) is 13.8. The van der Waals surface area contributed by atoms with Crippen LogP contribution < -0.4 is 9.62 Å². The summed E-state index contributed by atoms with van der Waals surface area (Å²) in [5.41, 5.74) is 3.65. The zero-order chi connectivity index (χ0) is 21.0. The molecular weight excluding hydrogens is 384 g/mol. The van der Waals surface area contributed by atoms with Crippen molar-refractivity contribution in [2.24, 2.45) is 0 Å². The molecule has 29 heavy (non-hydrogen) atoms. The number of carbonyl (C=O) groups is 1. The highest BCUT2D eigenvalue weighted by molar-refractivity contribution is 7.92. The van der Waals surface area contributed by atoms with Gasteiger partial charge in [0, 0.05) is 18.3 Å². The number of amides is 1. The van der Waals surface area contributed by atoms with E-state index in [9.17, 15) is 13.2 Å². The molecule has 0 fully saturated rings. The average Bonchev–Trinajstić information content (AvgIpc) is 2.73. The van der Waals surface area contributed by atoms with E-state index < -0.39 is 10.0 Å². The molecule has 5 nitrogen and oxygen atoms in total. The van der Waals surface area contributed by atoms with E-state index in [1.807, 2.05) is 43.3 Å². The number of hydrogen-bond acceptors (Lipinski definition) is 3. The summed E-state index contributed by atoms with van der Waals surface area (Å²) in [5.74, 6) is -0.357. The van der Waals surface area contributed by atoms with E-state index in [1.54, 1.807) is 24.3 Å². The SMILES string of the molecule is CCc1ccc(NC(=O)c2cccc(S(=O)(=O)N(C)c3cccc(C)c3)c2)cc1. The van der Waals surface area contributed by atoms with Crippen LogP contribution in [-0.2, 0) is 16.4 Å². The van der Waals surface area contributed by atoms with E-state index >= 15 is 0 Å². The van der Waals surface area contributed by atoms with Gasteiger partial charge in [0.05, 0.1) is 10.6 Å². The number of aryl methyl sites for hydroxylation is 2. The highest BCUT2D eigenvalue weighted by atomic mass is 32.2. The Labute approximate surface area is 172 Å². The van der Waals surface area contributed by atoms with Gasteiger partial charge in [-0.15, -0.1) is 0 Å². The Bertz CT molecular complexity index is 1120. The smallest absolute Gasteiger partial charge is 0.264 e. The monoisotopic (exact) mass is 408 g/mol. The minimum atomic E-state index is -3.79. The Hall–Kier alpha value is -3.12. The van der Waals surface area contributed by atoms with Crippen LogP contribution >= 0.6 is 0 Å². The minimum absolute atomic E-state index is 0.0653. The summed E-state index contributed by atoms with van der Waals surface area (Å²) in [4.78, 5) is 12.7. The number of nitrogens with zero attached hydrogens (tertiary/aromatic N) is 1. The molecule has 0 aliphatic carbocycles. The second-order valence-corrected chi connectivity index (χ2v) is 8.81. The van der Waals surface area contributed by atoms with E-state index in [1.165, 1.54) is 29.0 Å². The van der Waals surface area contributed by atoms with Crippen molar-refractivity contribution in [3.05, 3.63) is 89.5 Å². The third-order valence-electron chi connectivity index (χ3n) is 4.74. The third kappa shape index (κ3) is 4.66. The quantitative estimate of drug-likeness (QED) is 0.646. The Balaban J connectivity index is 1.84. The largest absolute Gasteiger partial charge is 0.322 e. The fourth-order valence-electron chi connectivity index (χ4n) is 2.95. The normalized spacial score (nSPS) is 11.1. The molecule has 3 rings (SSSR count). The number of rotatable bonds is 6. The molecule has 0 aromatic heterocycles. The Kier molecular flexibility index (Phi) is 6.03. The molecule has 0 unspecified atom stereocenters. The van der Waals surface area contributed by atoms with Crippen LogP contribution in [0.1, 0.15) is 28.4 Å². The van der Waals surface area contributed by atoms with E-state index in [-0.39, 0.29) is 16.4 Å². The van der Waals surface area contributed by atoms with Crippen LogP contribution in [-0.4, -0.2) is 21.4 Å². The highest BCUT2D eigenvalue weighted by Gasteiger charge is 2.22. The topological polar surface area (TPSA) is 66.5 Å². The van der Waals surface area contributed by atoms with Gasteiger partial charge in [-0.3, -0.25) is 9.10 Å². The fourth-order valence-corrected chi connectivity index (χ4v) is 4.18. The lowest BCUT2D eigenvalue weighted by molar-refractivity contribution is 0.102. The first-order valence-electron chi connectivity index (χ1n) is 9.37. The van der Waals surface area contributed by atoms with Crippen molar-refractivity contribution < 1.29 is 13.2 Å². The maximum atomic E-state index is 13.0. The Morgan fingerprint density at radius 1 is 0.966 bits per heavy atom. The second kappa shape index (κ2) is 8.49. The number of benzene rings is 3. The lowest BCUT2D eigenvalue weighted by Crippen LogP contribution is -2.27. The van der Waals surface area contributed by atoms with Crippen LogP contribution in [0, 0.1) is 6.92 Å². The first-order valence-corrected chi connectivity index (χ1v) is 10.8. The molecule has 0 radical (unpaired) electrons. The third-order valence-corrected chi connectivity index (χ3v) is 6.52. The van der Waals surface area contributed by atoms with Crippen molar-refractivity contribution in [2.45, 2.75) is 25.2 Å². The number of anilines is 2. The van der Waals surface area contributed by atoms with Gasteiger partial charge in [0.2, 0.25) is 0 Å². The molecule has 0 aliphatic rings. The van der Waals surface area contributed by atoms with Gasteiger partial charge in [-0.2, -0.15) is 0 Å². The van der Waals surface area contributed by atoms with Crippen molar-refractivity contribution in [2.75, 3.05) is 16.7 Å². The van der Waals surface area contributed by atoms with Gasteiger partial charge in [0.1, 0.15) is 0 Å². The van der Waals surface area contributed by atoms with Gasteiger partial charge in [0.15, 0.2) is 0 Å². The average molecular weight is 409 g/mol. The number of carbonyl (C=O) groups excluding carboxylic acids is 1. The molecule has 1 N–H and O–H groups in total. The van der Waals surface area contributed by atoms with Gasteiger partial charge in [-0.05, 0) is 66.9 Å². The van der Waals surface area contributed by atoms with Crippen molar-refractivity contribution in [3.8, 4) is 0 Å². The molecule has 1 amide bonds. The second-order valence-electron chi connectivity index (χ2n) is 6.84. The van der Waals surface area contributed by atoms with Gasteiger partial charge >= 0.3 is 0 Å². The van der Waals surface area contributed by atoms with Gasteiger partial charge < -0.3 is 5.32 Å². The lowest BCUT2D eigenvalue weighted by atomic mass is 10.1. The van der Waals surface area contributed by atoms with Crippen LogP contribution in [0.3, 0.4) is 0 Å². The first kappa shape index (κ1) is 20.6. The van der Waals surface area contributed by atoms with Crippen molar-refractivity contribution >= 4 is 27.3 Å². The standard InChI is InChI=1S/C23H24N2O3S/c1-4-18-11-13-20(14-12-18)24-23(26)19-8-6-10-22(16-19)29(27,28)25(3)21-9-5-7-17(2)15-21/h5-16H,4H2,1-3H3,(H,24,26). The zero-order valence-corrected chi connectivity index (χ0v) is 17.5. The summed E-state index contributed by atoms with van der Waals surface area (Å²) in [6.07, 6.45) is 0.919. The summed E-state index contributed by atoms with van der Waals surface area (Å²) in [7, 11) is -2.29. The maximum Gasteiger partial charge on any atom is 0.264 e.